The van der Waals surface area contributed by atoms with Gasteiger partial charge in [-0.25, -0.2) is 18.7 Å². The van der Waals surface area contributed by atoms with Crippen LogP contribution in [0.1, 0.15) is 27.9 Å². The van der Waals surface area contributed by atoms with Crippen molar-refractivity contribution in [1.82, 2.24) is 30.6 Å². The first-order valence-corrected chi connectivity index (χ1v) is 9.26. The van der Waals surface area contributed by atoms with Gasteiger partial charge in [0.25, 0.3) is 5.91 Å². The number of imidazole rings is 1. The van der Waals surface area contributed by atoms with Crippen molar-refractivity contribution in [3.05, 3.63) is 77.5 Å². The maximum absolute atomic E-state index is 13.7. The number of hydrogen-bond donors (Lipinski definition) is 3. The summed E-state index contributed by atoms with van der Waals surface area (Å²) < 4.78 is 32.5. The molecule has 10 heteroatoms. The van der Waals surface area contributed by atoms with Crippen LogP contribution in [0, 0.1) is 11.6 Å². The topological polar surface area (TPSA) is 109 Å². The van der Waals surface area contributed by atoms with Crippen LogP contribution < -0.4 is 10.6 Å². The highest BCUT2D eigenvalue weighted by molar-refractivity contribution is 5.91. The van der Waals surface area contributed by atoms with Crippen LogP contribution in [0.15, 0.2) is 47.2 Å². The van der Waals surface area contributed by atoms with E-state index < -0.39 is 11.7 Å². The molecule has 0 aliphatic heterocycles. The molecule has 0 spiro atoms. The Morgan fingerprint density at radius 1 is 1.10 bits per heavy atom. The summed E-state index contributed by atoms with van der Waals surface area (Å²) in [7, 11) is 0. The molecule has 0 fully saturated rings. The molecule has 154 valence electrons. The maximum atomic E-state index is 13.7. The van der Waals surface area contributed by atoms with Gasteiger partial charge in [0.2, 0.25) is 0 Å². The Labute approximate surface area is 169 Å². The van der Waals surface area contributed by atoms with Crippen LogP contribution in [0.4, 0.5) is 8.78 Å². The number of oxazole rings is 1. The molecule has 0 aliphatic carbocycles. The Hall–Kier alpha value is -3.66. The second kappa shape index (κ2) is 8.78. The third kappa shape index (κ3) is 4.49. The fourth-order valence-electron chi connectivity index (χ4n) is 2.87. The number of para-hydroxylation sites is 1. The fraction of sp³-hybridized carbons (Fsp3) is 0.200. The number of pyridine rings is 1. The normalized spacial score (nSPS) is 11.1. The smallest absolute Gasteiger partial charge is 0.273 e. The van der Waals surface area contributed by atoms with Crippen molar-refractivity contribution < 1.29 is 18.0 Å². The summed E-state index contributed by atoms with van der Waals surface area (Å²) >= 11 is 0. The third-order valence-corrected chi connectivity index (χ3v) is 4.36. The summed E-state index contributed by atoms with van der Waals surface area (Å²) in [5.74, 6) is -0.341. The molecule has 1 aromatic carbocycles. The number of fused-ring (bicyclic) bond motifs is 1. The molecule has 4 aromatic rings. The van der Waals surface area contributed by atoms with Crippen LogP contribution >= 0.6 is 0 Å². The van der Waals surface area contributed by atoms with Crippen LogP contribution in [0.3, 0.4) is 0 Å². The molecule has 0 aliphatic rings. The number of amides is 1. The zero-order chi connectivity index (χ0) is 20.9. The maximum Gasteiger partial charge on any atom is 0.273 e. The van der Waals surface area contributed by atoms with Gasteiger partial charge in [0, 0.05) is 19.2 Å². The van der Waals surface area contributed by atoms with Crippen LogP contribution in [-0.4, -0.2) is 32.4 Å². The molecular formula is C20H18F2N6O2. The van der Waals surface area contributed by atoms with E-state index in [9.17, 15) is 13.6 Å². The number of nitrogens with one attached hydrogen (secondary N) is 3. The molecule has 0 saturated carbocycles. The first-order valence-electron chi connectivity index (χ1n) is 9.26. The lowest BCUT2D eigenvalue weighted by Gasteiger charge is -2.03. The molecule has 0 saturated heterocycles. The van der Waals surface area contributed by atoms with E-state index in [-0.39, 0.29) is 23.7 Å². The number of carbonyl (C=O) groups excluding carboxylic acids is 1. The highest BCUT2D eigenvalue weighted by Gasteiger charge is 2.13. The second-order valence-corrected chi connectivity index (χ2v) is 6.49. The Bertz CT molecular complexity index is 1170. The zero-order valence-corrected chi connectivity index (χ0v) is 15.8. The molecule has 1 amide bonds. The second-order valence-electron chi connectivity index (χ2n) is 6.49. The van der Waals surface area contributed by atoms with Crippen LogP contribution in [0.2, 0.25) is 0 Å². The van der Waals surface area contributed by atoms with Crippen molar-refractivity contribution in [2.75, 3.05) is 6.54 Å². The summed E-state index contributed by atoms with van der Waals surface area (Å²) in [5.41, 5.74) is 1.20. The lowest BCUT2D eigenvalue weighted by Crippen LogP contribution is -2.24. The Kier molecular flexibility index (Phi) is 5.75. The Morgan fingerprint density at radius 2 is 1.97 bits per heavy atom. The molecule has 0 unspecified atom stereocenters. The van der Waals surface area contributed by atoms with E-state index in [4.69, 9.17) is 4.42 Å². The lowest BCUT2D eigenvalue weighted by molar-refractivity contribution is 0.0945. The minimum Gasteiger partial charge on any atom is -0.448 e. The molecule has 3 N–H and O–H groups in total. The van der Waals surface area contributed by atoms with Gasteiger partial charge in [0.05, 0.1) is 24.3 Å². The summed E-state index contributed by atoms with van der Waals surface area (Å²) in [4.78, 5) is 27.4. The number of hydrogen-bond acceptors (Lipinski definition) is 6. The van der Waals surface area contributed by atoms with Gasteiger partial charge < -0.3 is 20.0 Å². The summed E-state index contributed by atoms with van der Waals surface area (Å²) in [6, 6.07) is 7.50. The minimum atomic E-state index is -0.489. The zero-order valence-electron chi connectivity index (χ0n) is 15.8. The number of H-pyrrole nitrogens is 1. The van der Waals surface area contributed by atoms with Crippen molar-refractivity contribution in [1.29, 1.82) is 0 Å². The average Bonchev–Trinajstić information content (AvgIpc) is 3.38. The van der Waals surface area contributed by atoms with Crippen molar-refractivity contribution >= 4 is 16.9 Å². The highest BCUT2D eigenvalue weighted by atomic mass is 19.1. The monoisotopic (exact) mass is 412 g/mol. The van der Waals surface area contributed by atoms with E-state index in [2.05, 4.69) is 30.6 Å². The van der Waals surface area contributed by atoms with Gasteiger partial charge in [0.15, 0.2) is 17.4 Å². The number of aromatic amines is 1. The Morgan fingerprint density at radius 3 is 2.80 bits per heavy atom. The van der Waals surface area contributed by atoms with Gasteiger partial charge in [-0.3, -0.25) is 9.78 Å². The van der Waals surface area contributed by atoms with Crippen LogP contribution in [0.25, 0.3) is 11.0 Å². The van der Waals surface area contributed by atoms with E-state index in [1.807, 2.05) is 0 Å². The van der Waals surface area contributed by atoms with Crippen molar-refractivity contribution in [3.63, 3.8) is 0 Å². The predicted octanol–water partition coefficient (Wildman–Crippen LogP) is 2.49. The van der Waals surface area contributed by atoms with Crippen molar-refractivity contribution in [2.24, 2.45) is 0 Å². The number of carbonyl (C=O) groups is 1. The van der Waals surface area contributed by atoms with Crippen LogP contribution in [-0.2, 0) is 19.5 Å². The van der Waals surface area contributed by atoms with Crippen molar-refractivity contribution in [3.8, 4) is 0 Å². The SMILES string of the molecule is O=C(NCc1ncccc1F)c1coc(CCNCc2nc3c(F)cccc3[nH]2)n1. The number of halogens is 2. The van der Waals surface area contributed by atoms with E-state index in [1.54, 1.807) is 12.1 Å². The summed E-state index contributed by atoms with van der Waals surface area (Å²) in [6.45, 7) is 0.880. The van der Waals surface area contributed by atoms with E-state index >= 15 is 0 Å². The minimum absolute atomic E-state index is 0.0483. The molecule has 8 nitrogen and oxygen atoms in total. The summed E-state index contributed by atoms with van der Waals surface area (Å²) in [6.07, 6.45) is 3.14. The average molecular weight is 412 g/mol. The van der Waals surface area contributed by atoms with E-state index in [1.165, 1.54) is 30.7 Å². The molecule has 4 rings (SSSR count). The number of rotatable bonds is 8. The van der Waals surface area contributed by atoms with E-state index in [0.717, 1.165) is 0 Å². The number of aromatic nitrogens is 4. The van der Waals surface area contributed by atoms with Gasteiger partial charge in [0.1, 0.15) is 23.4 Å². The fourth-order valence-corrected chi connectivity index (χ4v) is 2.87. The number of nitrogens with zero attached hydrogens (tertiary/aromatic N) is 3. The van der Waals surface area contributed by atoms with Crippen molar-refractivity contribution in [2.45, 2.75) is 19.5 Å². The van der Waals surface area contributed by atoms with Gasteiger partial charge in [-0.2, -0.15) is 0 Å². The van der Waals surface area contributed by atoms with Gasteiger partial charge >= 0.3 is 0 Å². The Balaban J connectivity index is 1.24. The third-order valence-electron chi connectivity index (χ3n) is 4.36. The lowest BCUT2D eigenvalue weighted by atomic mass is 10.3. The molecule has 30 heavy (non-hydrogen) atoms. The molecule has 3 aromatic heterocycles. The number of benzene rings is 1. The quantitative estimate of drug-likeness (QED) is 0.384. The molecule has 0 radical (unpaired) electrons. The van der Waals surface area contributed by atoms with Gasteiger partial charge in [-0.15, -0.1) is 0 Å². The molecular weight excluding hydrogens is 394 g/mol. The van der Waals surface area contributed by atoms with E-state index in [0.29, 0.717) is 42.3 Å². The van der Waals surface area contributed by atoms with Gasteiger partial charge in [-0.05, 0) is 24.3 Å². The molecule has 3 heterocycles. The molecule has 0 bridgehead atoms. The largest absolute Gasteiger partial charge is 0.448 e. The predicted molar refractivity (Wildman–Crippen MR) is 103 cm³/mol. The van der Waals surface area contributed by atoms with Crippen LogP contribution in [0.5, 0.6) is 0 Å². The first kappa shape index (κ1) is 19.6. The standard InChI is InChI=1S/C20H18F2N6O2/c21-12-4-2-7-24-15(12)9-25-20(29)16-11-30-18(27-16)6-8-23-10-17-26-14-5-1-3-13(22)19(14)28-17/h1-5,7,11,23H,6,8-10H2,(H,25,29)(H,26,28). The summed E-state index contributed by atoms with van der Waals surface area (Å²) in [5, 5.41) is 5.71. The van der Waals surface area contributed by atoms with Gasteiger partial charge in [-0.1, -0.05) is 6.07 Å². The first-order chi connectivity index (χ1) is 14.6. The highest BCUT2D eigenvalue weighted by Crippen LogP contribution is 2.14. The molecule has 0 atom stereocenters.